The van der Waals surface area contributed by atoms with Gasteiger partial charge in [0.1, 0.15) is 11.3 Å². The maximum Gasteiger partial charge on any atom is 0.144 e. The fourth-order valence-electron chi connectivity index (χ4n) is 0.394. The summed E-state index contributed by atoms with van der Waals surface area (Å²) in [6, 6.07) is 0. The van der Waals surface area contributed by atoms with Crippen molar-refractivity contribution in [2.75, 3.05) is 6.61 Å². The highest BCUT2D eigenvalue weighted by Crippen LogP contribution is 1.92. The van der Waals surface area contributed by atoms with Crippen LogP contribution >= 0.6 is 11.5 Å². The number of aromatic nitrogens is 2. The van der Waals surface area contributed by atoms with Gasteiger partial charge in [0.15, 0.2) is 0 Å². The minimum absolute atomic E-state index is 0.114. The Balaban J connectivity index is 2.50. The molecule has 4 heteroatoms. The van der Waals surface area contributed by atoms with E-state index in [2.05, 4.69) is 9.36 Å². The first-order valence-corrected chi connectivity index (χ1v) is 3.10. The van der Waals surface area contributed by atoms with E-state index < -0.39 is 0 Å². The molecular weight excluding hydrogens is 124 g/mol. The third kappa shape index (κ3) is 1.24. The molecule has 1 radical (unpaired) electrons. The maximum atomic E-state index is 9.92. The van der Waals surface area contributed by atoms with Gasteiger partial charge in [-0.05, 0) is 11.5 Å². The van der Waals surface area contributed by atoms with Crippen LogP contribution in [0.25, 0.3) is 0 Å². The van der Waals surface area contributed by atoms with Crippen molar-refractivity contribution in [2.45, 2.75) is 6.42 Å². The van der Waals surface area contributed by atoms with Crippen molar-refractivity contribution in [1.82, 2.24) is 9.36 Å². The molecule has 0 N–H and O–H groups in total. The van der Waals surface area contributed by atoms with E-state index in [0.29, 0.717) is 12.2 Å². The molecule has 0 saturated carbocycles. The van der Waals surface area contributed by atoms with Gasteiger partial charge in [-0.25, -0.2) is 10.1 Å². The highest BCUT2D eigenvalue weighted by molar-refractivity contribution is 7.03. The summed E-state index contributed by atoms with van der Waals surface area (Å²) in [4.78, 5) is 3.81. The van der Waals surface area contributed by atoms with Crippen LogP contribution < -0.4 is 0 Å². The lowest BCUT2D eigenvalue weighted by molar-refractivity contribution is 0.195. The lowest BCUT2D eigenvalue weighted by Gasteiger charge is -1.80. The van der Waals surface area contributed by atoms with Gasteiger partial charge in [0.05, 0.1) is 6.61 Å². The zero-order valence-electron chi connectivity index (χ0n) is 4.20. The second-order valence-corrected chi connectivity index (χ2v) is 1.91. The van der Waals surface area contributed by atoms with Crippen LogP contribution in [0.1, 0.15) is 5.82 Å². The largest absolute Gasteiger partial charge is 0.236 e. The third-order valence-electron chi connectivity index (χ3n) is 0.733. The van der Waals surface area contributed by atoms with Gasteiger partial charge >= 0.3 is 0 Å². The monoisotopic (exact) mass is 129 g/mol. The predicted molar refractivity (Wildman–Crippen MR) is 29.2 cm³/mol. The first-order valence-electron chi connectivity index (χ1n) is 2.27. The molecule has 0 aliphatic heterocycles. The summed E-state index contributed by atoms with van der Waals surface area (Å²) in [5.41, 5.74) is 1.63. The van der Waals surface area contributed by atoms with Crippen LogP contribution in [0.4, 0.5) is 0 Å². The second-order valence-electron chi connectivity index (χ2n) is 1.30. The van der Waals surface area contributed by atoms with Gasteiger partial charge in [0, 0.05) is 6.42 Å². The van der Waals surface area contributed by atoms with E-state index in [1.807, 2.05) is 0 Å². The summed E-state index contributed by atoms with van der Waals surface area (Å²) in [6.45, 7) is -0.114. The van der Waals surface area contributed by atoms with E-state index in [0.717, 1.165) is 0 Å². The molecule has 0 fully saturated rings. The van der Waals surface area contributed by atoms with Crippen molar-refractivity contribution in [1.29, 1.82) is 0 Å². The van der Waals surface area contributed by atoms with Gasteiger partial charge in [-0.3, -0.25) is 0 Å². The van der Waals surface area contributed by atoms with Crippen LogP contribution in [0.2, 0.25) is 0 Å². The molecule has 0 atom stereocenters. The standard InChI is InChI=1S/C4H5N2OS/c7-2-1-4-5-3-8-6-4/h3H,1-2H2. The zero-order chi connectivity index (χ0) is 5.82. The molecule has 0 saturated heterocycles. The van der Waals surface area contributed by atoms with Crippen molar-refractivity contribution in [2.24, 2.45) is 0 Å². The van der Waals surface area contributed by atoms with E-state index in [4.69, 9.17) is 0 Å². The van der Waals surface area contributed by atoms with Crippen LogP contribution in [-0.2, 0) is 11.5 Å². The summed E-state index contributed by atoms with van der Waals surface area (Å²) < 4.78 is 3.84. The predicted octanol–water partition coefficient (Wildman–Crippen LogP) is 0.511. The van der Waals surface area contributed by atoms with E-state index in [9.17, 15) is 5.11 Å². The molecule has 1 aromatic rings. The molecule has 1 aromatic heterocycles. The normalized spacial score (nSPS) is 9.62. The van der Waals surface area contributed by atoms with Gasteiger partial charge < -0.3 is 0 Å². The third-order valence-corrected chi connectivity index (χ3v) is 1.25. The molecule has 0 bridgehead atoms. The molecule has 43 valence electrons. The Morgan fingerprint density at radius 3 is 3.12 bits per heavy atom. The molecule has 3 nitrogen and oxygen atoms in total. The van der Waals surface area contributed by atoms with Crippen LogP contribution in [0.15, 0.2) is 5.51 Å². The number of hydrogen-bond donors (Lipinski definition) is 0. The Kier molecular flexibility index (Phi) is 1.93. The van der Waals surface area contributed by atoms with Gasteiger partial charge in [-0.2, -0.15) is 4.37 Å². The fourth-order valence-corrected chi connectivity index (χ4v) is 0.870. The Bertz CT molecular complexity index is 140. The van der Waals surface area contributed by atoms with Crippen LogP contribution in [0.3, 0.4) is 0 Å². The highest BCUT2D eigenvalue weighted by Gasteiger charge is 1.92. The Hall–Kier alpha value is -0.480. The number of hydrogen-bond acceptors (Lipinski definition) is 3. The average Bonchev–Trinajstić information content (AvgIpc) is 2.19. The quantitative estimate of drug-likeness (QED) is 0.584. The van der Waals surface area contributed by atoms with Crippen molar-refractivity contribution in [3.8, 4) is 0 Å². The Morgan fingerprint density at radius 2 is 2.62 bits per heavy atom. The second kappa shape index (κ2) is 2.74. The van der Waals surface area contributed by atoms with Crippen LogP contribution in [-0.4, -0.2) is 16.0 Å². The fraction of sp³-hybridized carbons (Fsp3) is 0.500. The molecule has 0 spiro atoms. The number of rotatable bonds is 2. The Labute approximate surface area is 51.2 Å². The van der Waals surface area contributed by atoms with Crippen molar-refractivity contribution < 1.29 is 5.11 Å². The lowest BCUT2D eigenvalue weighted by atomic mass is 10.4. The van der Waals surface area contributed by atoms with E-state index in [-0.39, 0.29) is 6.61 Å². The maximum absolute atomic E-state index is 9.92. The molecular formula is C4H5N2OS. The highest BCUT2D eigenvalue weighted by atomic mass is 32.1. The van der Waals surface area contributed by atoms with Crippen molar-refractivity contribution in [3.63, 3.8) is 0 Å². The molecule has 1 heterocycles. The summed E-state index contributed by atoms with van der Waals surface area (Å²) in [6.07, 6.45) is 0.462. The van der Waals surface area contributed by atoms with Gasteiger partial charge in [-0.1, -0.05) is 0 Å². The molecule has 0 aliphatic rings. The first kappa shape index (κ1) is 5.65. The van der Waals surface area contributed by atoms with Gasteiger partial charge in [-0.15, -0.1) is 0 Å². The summed E-state index contributed by atoms with van der Waals surface area (Å²) >= 11 is 1.28. The smallest absolute Gasteiger partial charge is 0.144 e. The summed E-state index contributed by atoms with van der Waals surface area (Å²) in [7, 11) is 0. The molecule has 1 rings (SSSR count). The van der Waals surface area contributed by atoms with Crippen LogP contribution in [0, 0.1) is 0 Å². The first-order chi connectivity index (χ1) is 3.93. The Morgan fingerprint density at radius 1 is 1.75 bits per heavy atom. The van der Waals surface area contributed by atoms with Crippen molar-refractivity contribution in [3.05, 3.63) is 11.3 Å². The van der Waals surface area contributed by atoms with E-state index >= 15 is 0 Å². The number of nitrogens with zero attached hydrogens (tertiary/aromatic N) is 2. The summed E-state index contributed by atoms with van der Waals surface area (Å²) in [5.74, 6) is 0.671. The minimum atomic E-state index is -0.114. The molecule has 0 unspecified atom stereocenters. The van der Waals surface area contributed by atoms with Crippen molar-refractivity contribution >= 4 is 11.5 Å². The molecule has 0 aromatic carbocycles. The zero-order valence-corrected chi connectivity index (χ0v) is 5.02. The topological polar surface area (TPSA) is 45.7 Å². The lowest BCUT2D eigenvalue weighted by Crippen LogP contribution is -1.89. The van der Waals surface area contributed by atoms with Gasteiger partial charge in [0.25, 0.3) is 0 Å². The van der Waals surface area contributed by atoms with E-state index in [1.165, 1.54) is 11.5 Å². The molecule has 0 aliphatic carbocycles. The SMILES string of the molecule is [O]CCc1ncsn1. The minimum Gasteiger partial charge on any atom is -0.236 e. The van der Waals surface area contributed by atoms with Crippen LogP contribution in [0.5, 0.6) is 0 Å². The molecule has 0 amide bonds. The van der Waals surface area contributed by atoms with Gasteiger partial charge in [0.2, 0.25) is 0 Å². The van der Waals surface area contributed by atoms with E-state index in [1.54, 1.807) is 5.51 Å². The summed E-state index contributed by atoms with van der Waals surface area (Å²) in [5, 5.41) is 9.92. The molecule has 8 heavy (non-hydrogen) atoms. The average molecular weight is 129 g/mol.